The predicted molar refractivity (Wildman–Crippen MR) is 60.6 cm³/mol. The van der Waals surface area contributed by atoms with Gasteiger partial charge in [-0.05, 0) is 19.4 Å². The fourth-order valence-electron chi connectivity index (χ4n) is 1.50. The Hall–Kier alpha value is -1.31. The van der Waals surface area contributed by atoms with E-state index in [4.69, 9.17) is 4.74 Å². The third kappa shape index (κ3) is 4.15. The third-order valence-electron chi connectivity index (χ3n) is 2.15. The van der Waals surface area contributed by atoms with Gasteiger partial charge in [-0.2, -0.15) is 0 Å². The zero-order valence-corrected chi connectivity index (χ0v) is 9.62. The second-order valence-corrected chi connectivity index (χ2v) is 4.25. The summed E-state index contributed by atoms with van der Waals surface area (Å²) in [5.74, 6) is -0.143. The van der Waals surface area contributed by atoms with Gasteiger partial charge >= 0.3 is 5.97 Å². The number of benzene rings is 1. The predicted octanol–water partition coefficient (Wildman–Crippen LogP) is 2.96. The lowest BCUT2D eigenvalue weighted by Gasteiger charge is -2.25. The van der Waals surface area contributed by atoms with Gasteiger partial charge in [0.1, 0.15) is 5.60 Å². The minimum absolute atomic E-state index is 0.143. The number of hydrogen-bond donors (Lipinski definition) is 0. The summed E-state index contributed by atoms with van der Waals surface area (Å²) >= 11 is 0. The van der Waals surface area contributed by atoms with Gasteiger partial charge in [-0.3, -0.25) is 4.79 Å². The second-order valence-electron chi connectivity index (χ2n) is 4.25. The van der Waals surface area contributed by atoms with Crippen molar-refractivity contribution >= 4 is 5.97 Å². The number of ether oxygens (including phenoxy) is 1. The number of carbonyl (C=O) groups is 1. The molecule has 0 N–H and O–H groups in total. The van der Waals surface area contributed by atoms with Crippen LogP contribution < -0.4 is 0 Å². The summed E-state index contributed by atoms with van der Waals surface area (Å²) in [6, 6.07) is 10.1. The zero-order chi connectivity index (χ0) is 11.3. The smallest absolute Gasteiger partial charge is 0.306 e. The Morgan fingerprint density at radius 3 is 2.40 bits per heavy atom. The maximum Gasteiger partial charge on any atom is 0.306 e. The van der Waals surface area contributed by atoms with Crippen LogP contribution in [-0.2, 0) is 16.0 Å². The monoisotopic (exact) mass is 206 g/mol. The highest BCUT2D eigenvalue weighted by molar-refractivity contribution is 5.69. The Bertz CT molecular complexity index is 315. The zero-order valence-electron chi connectivity index (χ0n) is 9.62. The first-order valence-electron chi connectivity index (χ1n) is 5.29. The van der Waals surface area contributed by atoms with Gasteiger partial charge in [-0.15, -0.1) is 0 Å². The van der Waals surface area contributed by atoms with Crippen LogP contribution in [0.2, 0.25) is 0 Å². The Labute approximate surface area is 91.3 Å². The Morgan fingerprint density at radius 2 is 1.87 bits per heavy atom. The van der Waals surface area contributed by atoms with Crippen molar-refractivity contribution in [1.82, 2.24) is 0 Å². The van der Waals surface area contributed by atoms with Crippen LogP contribution in [0.25, 0.3) is 0 Å². The fraction of sp³-hybridized carbons (Fsp3) is 0.462. The molecule has 2 nitrogen and oxygen atoms in total. The van der Waals surface area contributed by atoms with E-state index in [1.165, 1.54) is 5.56 Å². The number of esters is 1. The van der Waals surface area contributed by atoms with E-state index < -0.39 is 5.60 Å². The molecule has 1 aromatic rings. The average Bonchev–Trinajstić information content (AvgIpc) is 2.17. The molecule has 0 aliphatic rings. The summed E-state index contributed by atoms with van der Waals surface area (Å²) in [6.07, 6.45) is 1.18. The van der Waals surface area contributed by atoms with E-state index in [1.54, 1.807) is 6.92 Å². The van der Waals surface area contributed by atoms with Crippen molar-refractivity contribution in [3.8, 4) is 0 Å². The van der Waals surface area contributed by atoms with Gasteiger partial charge in [-0.25, -0.2) is 0 Å². The van der Waals surface area contributed by atoms with Gasteiger partial charge in [-0.1, -0.05) is 37.3 Å². The number of carbonyl (C=O) groups excluding carboxylic acids is 1. The van der Waals surface area contributed by atoms with Crippen LogP contribution in [0.3, 0.4) is 0 Å². The van der Waals surface area contributed by atoms with Crippen molar-refractivity contribution in [1.29, 1.82) is 0 Å². The highest BCUT2D eigenvalue weighted by atomic mass is 16.6. The summed E-state index contributed by atoms with van der Waals surface area (Å²) in [5, 5.41) is 0. The molecule has 1 aromatic carbocycles. The van der Waals surface area contributed by atoms with E-state index in [0.717, 1.165) is 6.42 Å². The number of hydrogen-bond acceptors (Lipinski definition) is 2. The molecule has 0 saturated carbocycles. The molecular formula is C13H18O2. The van der Waals surface area contributed by atoms with E-state index in [9.17, 15) is 4.79 Å². The molecule has 0 fully saturated rings. The molecule has 0 aliphatic heterocycles. The van der Waals surface area contributed by atoms with E-state index in [1.807, 2.05) is 44.2 Å². The Morgan fingerprint density at radius 1 is 1.27 bits per heavy atom. The molecule has 0 bridgehead atoms. The largest absolute Gasteiger partial charge is 0.459 e. The fourth-order valence-corrected chi connectivity index (χ4v) is 1.50. The van der Waals surface area contributed by atoms with Gasteiger partial charge in [0.15, 0.2) is 0 Å². The van der Waals surface area contributed by atoms with Crippen LogP contribution in [-0.4, -0.2) is 11.6 Å². The Kier molecular flexibility index (Phi) is 3.89. The SMILES string of the molecule is CCC(=O)OC(C)(C)Cc1ccccc1. The van der Waals surface area contributed by atoms with Crippen LogP contribution >= 0.6 is 0 Å². The number of rotatable bonds is 4. The molecule has 82 valence electrons. The van der Waals surface area contributed by atoms with Gasteiger partial charge < -0.3 is 4.74 Å². The molecule has 0 amide bonds. The van der Waals surface area contributed by atoms with Crippen molar-refractivity contribution in [2.75, 3.05) is 0 Å². The first kappa shape index (κ1) is 11.8. The van der Waals surface area contributed by atoms with Crippen LogP contribution in [0.15, 0.2) is 30.3 Å². The van der Waals surface area contributed by atoms with Crippen molar-refractivity contribution in [3.05, 3.63) is 35.9 Å². The average molecular weight is 206 g/mol. The molecule has 2 heteroatoms. The molecule has 15 heavy (non-hydrogen) atoms. The van der Waals surface area contributed by atoms with Crippen LogP contribution in [0.1, 0.15) is 32.8 Å². The standard InChI is InChI=1S/C13H18O2/c1-4-12(14)15-13(2,3)10-11-8-6-5-7-9-11/h5-9H,4,10H2,1-3H3. The molecule has 0 aromatic heterocycles. The van der Waals surface area contributed by atoms with Crippen molar-refractivity contribution in [2.24, 2.45) is 0 Å². The minimum Gasteiger partial charge on any atom is -0.459 e. The van der Waals surface area contributed by atoms with Crippen molar-refractivity contribution < 1.29 is 9.53 Å². The molecule has 0 spiro atoms. The second kappa shape index (κ2) is 4.96. The van der Waals surface area contributed by atoms with Gasteiger partial charge in [0.05, 0.1) is 0 Å². The highest BCUT2D eigenvalue weighted by Crippen LogP contribution is 2.17. The molecule has 0 heterocycles. The lowest BCUT2D eigenvalue weighted by molar-refractivity contribution is -0.155. The molecule has 0 aliphatic carbocycles. The van der Waals surface area contributed by atoms with Crippen LogP contribution in [0, 0.1) is 0 Å². The highest BCUT2D eigenvalue weighted by Gasteiger charge is 2.22. The van der Waals surface area contributed by atoms with Crippen LogP contribution in [0.4, 0.5) is 0 Å². The van der Waals surface area contributed by atoms with E-state index in [0.29, 0.717) is 6.42 Å². The molecule has 0 atom stereocenters. The summed E-state index contributed by atoms with van der Waals surface area (Å²) < 4.78 is 5.35. The van der Waals surface area contributed by atoms with Crippen molar-refractivity contribution in [2.45, 2.75) is 39.2 Å². The van der Waals surface area contributed by atoms with Crippen LogP contribution in [0.5, 0.6) is 0 Å². The summed E-state index contributed by atoms with van der Waals surface area (Å²) in [7, 11) is 0. The summed E-state index contributed by atoms with van der Waals surface area (Å²) in [4.78, 5) is 11.2. The minimum atomic E-state index is -0.422. The molecule has 0 radical (unpaired) electrons. The first-order chi connectivity index (χ1) is 7.03. The maximum absolute atomic E-state index is 11.2. The Balaban J connectivity index is 2.60. The molecule has 0 unspecified atom stereocenters. The third-order valence-corrected chi connectivity index (χ3v) is 2.15. The topological polar surface area (TPSA) is 26.3 Å². The van der Waals surface area contributed by atoms with Gasteiger partial charge in [0.2, 0.25) is 0 Å². The summed E-state index contributed by atoms with van der Waals surface area (Å²) in [5.41, 5.74) is 0.764. The normalized spacial score (nSPS) is 11.1. The van der Waals surface area contributed by atoms with E-state index >= 15 is 0 Å². The first-order valence-corrected chi connectivity index (χ1v) is 5.29. The van der Waals surface area contributed by atoms with E-state index in [2.05, 4.69) is 0 Å². The molecule has 0 saturated heterocycles. The lowest BCUT2D eigenvalue weighted by Crippen LogP contribution is -2.30. The van der Waals surface area contributed by atoms with Gasteiger partial charge in [0, 0.05) is 12.8 Å². The van der Waals surface area contributed by atoms with E-state index in [-0.39, 0.29) is 5.97 Å². The summed E-state index contributed by atoms with van der Waals surface area (Å²) in [6.45, 7) is 5.68. The molecular weight excluding hydrogens is 188 g/mol. The lowest BCUT2D eigenvalue weighted by atomic mass is 9.98. The maximum atomic E-state index is 11.2. The van der Waals surface area contributed by atoms with Crippen molar-refractivity contribution in [3.63, 3.8) is 0 Å². The quantitative estimate of drug-likeness (QED) is 0.708. The molecule has 1 rings (SSSR count). The van der Waals surface area contributed by atoms with Gasteiger partial charge in [0.25, 0.3) is 0 Å².